The van der Waals surface area contributed by atoms with E-state index >= 15 is 0 Å². The molecule has 0 spiro atoms. The summed E-state index contributed by atoms with van der Waals surface area (Å²) in [5.41, 5.74) is 0.468. The average molecular weight is 232 g/mol. The second-order valence-corrected chi connectivity index (χ2v) is 4.16. The maximum absolute atomic E-state index is 11.1. The molecule has 1 heterocycles. The van der Waals surface area contributed by atoms with Gasteiger partial charge in [0.15, 0.2) is 6.21 Å². The highest BCUT2D eigenvalue weighted by molar-refractivity contribution is 7.84. The van der Waals surface area contributed by atoms with Crippen LogP contribution in [0.1, 0.15) is 5.56 Å². The zero-order valence-electron chi connectivity index (χ0n) is 8.38. The second kappa shape index (κ2) is 5.42. The third-order valence-corrected chi connectivity index (χ3v) is 1.33. The van der Waals surface area contributed by atoms with Gasteiger partial charge in [-0.15, -0.1) is 0 Å². The smallest absolute Gasteiger partial charge is 0.263 e. The summed E-state index contributed by atoms with van der Waals surface area (Å²) in [4.78, 5) is 11.1. The van der Waals surface area contributed by atoms with Crippen molar-refractivity contribution in [1.29, 1.82) is 0 Å². The molecule has 0 saturated heterocycles. The monoisotopic (exact) mass is 232 g/mol. The van der Waals surface area contributed by atoms with Crippen molar-refractivity contribution in [2.45, 2.75) is 0 Å². The standard InChI is InChI=1S/C7H8N2O.CH4O3S/c1-9-4-2-3-6(5-8)7(9)10;1-5(2,3)4/h2-5,8H,1H3;1H3,(H,2,3,4). The van der Waals surface area contributed by atoms with Gasteiger partial charge >= 0.3 is 0 Å². The van der Waals surface area contributed by atoms with Crippen molar-refractivity contribution in [3.63, 3.8) is 0 Å². The minimum atomic E-state index is -3.92. The highest BCUT2D eigenvalue weighted by atomic mass is 32.2. The fraction of sp³-hybridized carbons (Fsp3) is 0.250. The number of aryl methyl sites for hydroxylation is 1. The molecule has 15 heavy (non-hydrogen) atoms. The summed E-state index contributed by atoms with van der Waals surface area (Å²) in [6.07, 6.45) is 3.60. The average Bonchev–Trinajstić information content (AvgIpc) is 2.07. The topological polar surface area (TPSA) is 105 Å². The maximum Gasteiger partial charge on any atom is 0.263 e. The molecule has 2 N–H and O–H groups in total. The van der Waals surface area contributed by atoms with E-state index in [-0.39, 0.29) is 5.56 Å². The lowest BCUT2D eigenvalue weighted by Crippen LogP contribution is -2.34. The van der Waals surface area contributed by atoms with Gasteiger partial charge in [0.2, 0.25) is 0 Å². The number of pyridine rings is 1. The lowest BCUT2D eigenvalue weighted by molar-refractivity contribution is -0.104. The molecular formula is C8H12N2O4S. The Morgan fingerprint density at radius 3 is 2.33 bits per heavy atom. The Labute approximate surface area is 87.4 Å². The van der Waals surface area contributed by atoms with Crippen LogP contribution in [-0.4, -0.2) is 30.0 Å². The first-order valence-electron chi connectivity index (χ1n) is 3.87. The highest BCUT2D eigenvalue weighted by Gasteiger charge is 1.96. The molecule has 0 atom stereocenters. The van der Waals surface area contributed by atoms with Gasteiger partial charge < -0.3 is 9.12 Å². The van der Waals surface area contributed by atoms with Gasteiger partial charge in [-0.2, -0.15) is 0 Å². The summed E-state index contributed by atoms with van der Waals surface area (Å²) in [6.45, 7) is 0. The normalized spacial score (nSPS) is 10.1. The van der Waals surface area contributed by atoms with Crippen molar-refractivity contribution in [2.24, 2.45) is 7.05 Å². The molecule has 0 fully saturated rings. The van der Waals surface area contributed by atoms with E-state index in [2.05, 4.69) is 0 Å². The van der Waals surface area contributed by atoms with Crippen molar-refractivity contribution < 1.29 is 18.4 Å². The Balaban J connectivity index is 0.000000336. The SMILES string of the molecule is CS(=O)(=O)[O-].Cn1cccc(C=[NH2+])c1=O. The van der Waals surface area contributed by atoms with E-state index in [1.807, 2.05) is 0 Å². The van der Waals surface area contributed by atoms with E-state index in [1.165, 1.54) is 10.8 Å². The summed E-state index contributed by atoms with van der Waals surface area (Å²) < 4.78 is 28.7. The van der Waals surface area contributed by atoms with Crippen LogP contribution in [0.5, 0.6) is 0 Å². The maximum atomic E-state index is 11.1. The summed E-state index contributed by atoms with van der Waals surface area (Å²) in [6, 6.07) is 3.46. The number of hydrogen-bond acceptors (Lipinski definition) is 4. The van der Waals surface area contributed by atoms with Crippen molar-refractivity contribution >= 4 is 16.3 Å². The number of nitrogens with zero attached hydrogens (tertiary/aromatic N) is 1. The van der Waals surface area contributed by atoms with Crippen molar-refractivity contribution in [3.05, 3.63) is 34.2 Å². The lowest BCUT2D eigenvalue weighted by atomic mass is 10.3. The van der Waals surface area contributed by atoms with Crippen LogP contribution in [0, 0.1) is 0 Å². The third-order valence-electron chi connectivity index (χ3n) is 1.33. The quantitative estimate of drug-likeness (QED) is 0.435. The van der Waals surface area contributed by atoms with Crippen LogP contribution in [0.4, 0.5) is 0 Å². The number of aromatic nitrogens is 1. The van der Waals surface area contributed by atoms with E-state index < -0.39 is 10.1 Å². The fourth-order valence-corrected chi connectivity index (χ4v) is 0.745. The molecule has 0 aliphatic carbocycles. The molecule has 0 aromatic carbocycles. The first-order chi connectivity index (χ1) is 6.75. The van der Waals surface area contributed by atoms with E-state index in [4.69, 9.17) is 18.4 Å². The summed E-state index contributed by atoms with van der Waals surface area (Å²) in [5, 5.41) is 5.18. The Kier molecular flexibility index (Phi) is 4.89. The summed E-state index contributed by atoms with van der Waals surface area (Å²) in [5.74, 6) is 0. The molecule has 0 unspecified atom stereocenters. The van der Waals surface area contributed by atoms with Crippen LogP contribution in [-0.2, 0) is 17.2 Å². The largest absolute Gasteiger partial charge is 0.748 e. The molecule has 1 aromatic heterocycles. The number of nitrogens with two attached hydrogens (primary N) is 1. The minimum Gasteiger partial charge on any atom is -0.748 e. The Hall–Kier alpha value is -1.47. The van der Waals surface area contributed by atoms with Crippen molar-refractivity contribution in [3.8, 4) is 0 Å². The first kappa shape index (κ1) is 13.5. The molecule has 0 radical (unpaired) electrons. The van der Waals surface area contributed by atoms with Gasteiger partial charge in [-0.1, -0.05) is 0 Å². The molecule has 1 aromatic rings. The molecule has 0 aliphatic heterocycles. The Morgan fingerprint density at radius 2 is 2.00 bits per heavy atom. The van der Waals surface area contributed by atoms with Gasteiger partial charge in [-0.3, -0.25) is 10.2 Å². The van der Waals surface area contributed by atoms with Crippen LogP contribution in [0.2, 0.25) is 0 Å². The van der Waals surface area contributed by atoms with Crippen molar-refractivity contribution in [1.82, 2.24) is 4.57 Å². The van der Waals surface area contributed by atoms with Crippen molar-refractivity contribution in [2.75, 3.05) is 6.26 Å². The predicted octanol–water partition coefficient (Wildman–Crippen LogP) is -2.28. The molecule has 1 rings (SSSR count). The van der Waals surface area contributed by atoms with Gasteiger partial charge in [0.25, 0.3) is 5.56 Å². The summed E-state index contributed by atoms with van der Waals surface area (Å²) in [7, 11) is -2.23. The van der Waals surface area contributed by atoms with Gasteiger partial charge in [-0.25, -0.2) is 8.42 Å². The van der Waals surface area contributed by atoms with Gasteiger partial charge in [0, 0.05) is 19.5 Å². The van der Waals surface area contributed by atoms with Crippen LogP contribution >= 0.6 is 0 Å². The first-order valence-corrected chi connectivity index (χ1v) is 5.69. The molecule has 0 bridgehead atoms. The molecular weight excluding hydrogens is 220 g/mol. The highest BCUT2D eigenvalue weighted by Crippen LogP contribution is 1.82. The van der Waals surface area contributed by atoms with Crippen LogP contribution in [0.3, 0.4) is 0 Å². The van der Waals surface area contributed by atoms with E-state index in [9.17, 15) is 4.79 Å². The molecule has 84 valence electrons. The van der Waals surface area contributed by atoms with E-state index in [1.54, 1.807) is 25.4 Å². The molecule has 0 aliphatic rings. The fourth-order valence-electron chi connectivity index (χ4n) is 0.745. The van der Waals surface area contributed by atoms with Gasteiger partial charge in [0.1, 0.15) is 5.56 Å². The number of rotatable bonds is 1. The van der Waals surface area contributed by atoms with Gasteiger partial charge in [-0.05, 0) is 12.1 Å². The zero-order chi connectivity index (χ0) is 12.1. The molecule has 0 amide bonds. The van der Waals surface area contributed by atoms with Crippen LogP contribution < -0.4 is 11.0 Å². The minimum absolute atomic E-state index is 0.0648. The third kappa shape index (κ3) is 6.58. The number of hydrogen-bond donors (Lipinski definition) is 1. The summed E-state index contributed by atoms with van der Waals surface area (Å²) >= 11 is 0. The van der Waals surface area contributed by atoms with Crippen LogP contribution in [0.25, 0.3) is 0 Å². The predicted molar refractivity (Wildman–Crippen MR) is 54.4 cm³/mol. The zero-order valence-corrected chi connectivity index (χ0v) is 9.19. The molecule has 6 nitrogen and oxygen atoms in total. The Morgan fingerprint density at radius 1 is 1.53 bits per heavy atom. The lowest BCUT2D eigenvalue weighted by Gasteiger charge is -1.93. The van der Waals surface area contributed by atoms with E-state index in [0.717, 1.165) is 0 Å². The molecule has 7 heteroatoms. The molecule has 0 saturated carbocycles. The van der Waals surface area contributed by atoms with Crippen LogP contribution in [0.15, 0.2) is 23.1 Å². The van der Waals surface area contributed by atoms with E-state index in [0.29, 0.717) is 11.8 Å². The Bertz CT molecular complexity index is 482. The second-order valence-electron chi connectivity index (χ2n) is 2.75. The van der Waals surface area contributed by atoms with Gasteiger partial charge in [0.05, 0.1) is 10.1 Å².